The van der Waals surface area contributed by atoms with E-state index in [4.69, 9.17) is 5.11 Å². The van der Waals surface area contributed by atoms with Gasteiger partial charge in [0.05, 0.1) is 5.56 Å². The Hall–Kier alpha value is -2.19. The fourth-order valence-electron chi connectivity index (χ4n) is 2.18. The van der Waals surface area contributed by atoms with Crippen LogP contribution in [0.3, 0.4) is 0 Å². The van der Waals surface area contributed by atoms with Gasteiger partial charge in [0.25, 0.3) is 5.91 Å². The van der Waals surface area contributed by atoms with Gasteiger partial charge in [0.2, 0.25) is 5.82 Å². The molecule has 0 spiro atoms. The molecule has 9 heteroatoms. The normalized spacial score (nSPS) is 19.4. The number of aromatic nitrogens is 2. The molecule has 2 heterocycles. The lowest BCUT2D eigenvalue weighted by atomic mass is 10.0. The van der Waals surface area contributed by atoms with Gasteiger partial charge in [0.15, 0.2) is 0 Å². The third-order valence-electron chi connectivity index (χ3n) is 3.20. The maximum absolute atomic E-state index is 12.3. The molecule has 1 aliphatic rings. The predicted molar refractivity (Wildman–Crippen MR) is 63.3 cm³/mol. The number of piperidine rings is 1. The predicted octanol–water partition coefficient (Wildman–Crippen LogP) is 1.57. The highest BCUT2D eigenvalue weighted by Crippen LogP contribution is 2.26. The molecule has 1 atom stereocenters. The molecule has 114 valence electrons. The van der Waals surface area contributed by atoms with Crippen LogP contribution < -0.4 is 0 Å². The third kappa shape index (κ3) is 3.29. The largest absolute Gasteiger partial charge is 0.480 e. The summed E-state index contributed by atoms with van der Waals surface area (Å²) >= 11 is 0. The Labute approximate surface area is 117 Å². The van der Waals surface area contributed by atoms with Crippen LogP contribution in [0.25, 0.3) is 0 Å². The minimum atomic E-state index is -4.68. The van der Waals surface area contributed by atoms with E-state index in [1.54, 1.807) is 0 Å². The van der Waals surface area contributed by atoms with E-state index >= 15 is 0 Å². The van der Waals surface area contributed by atoms with Gasteiger partial charge in [-0.15, -0.1) is 0 Å². The lowest BCUT2D eigenvalue weighted by Gasteiger charge is -2.32. The van der Waals surface area contributed by atoms with Gasteiger partial charge >= 0.3 is 12.1 Å². The fraction of sp³-hybridized carbons (Fsp3) is 0.500. The first-order chi connectivity index (χ1) is 9.80. The van der Waals surface area contributed by atoms with Crippen LogP contribution in [0.15, 0.2) is 12.4 Å². The number of carboxylic acid groups (broad SMARTS) is 1. The molecular weight excluding hydrogens is 291 g/mol. The number of carboxylic acids is 1. The molecule has 1 amide bonds. The molecular formula is C12H12F3N3O3. The Morgan fingerprint density at radius 1 is 1.24 bits per heavy atom. The summed E-state index contributed by atoms with van der Waals surface area (Å²) < 4.78 is 37.0. The van der Waals surface area contributed by atoms with Gasteiger partial charge in [-0.05, 0) is 19.3 Å². The summed E-state index contributed by atoms with van der Waals surface area (Å²) in [5.41, 5.74) is -0.156. The van der Waals surface area contributed by atoms with Gasteiger partial charge in [-0.3, -0.25) is 4.79 Å². The Morgan fingerprint density at radius 2 is 1.86 bits per heavy atom. The molecule has 1 saturated heterocycles. The van der Waals surface area contributed by atoms with E-state index in [1.807, 2.05) is 0 Å². The summed E-state index contributed by atoms with van der Waals surface area (Å²) in [4.78, 5) is 30.6. The number of hydrogen-bond donors (Lipinski definition) is 1. The first-order valence-electron chi connectivity index (χ1n) is 6.23. The van der Waals surface area contributed by atoms with E-state index in [2.05, 4.69) is 9.97 Å². The number of likely N-dealkylation sites (tertiary alicyclic amines) is 1. The van der Waals surface area contributed by atoms with Crippen molar-refractivity contribution in [3.63, 3.8) is 0 Å². The molecule has 0 radical (unpaired) electrons. The van der Waals surface area contributed by atoms with E-state index in [9.17, 15) is 22.8 Å². The first-order valence-corrected chi connectivity index (χ1v) is 6.23. The van der Waals surface area contributed by atoms with Gasteiger partial charge in [0.1, 0.15) is 6.04 Å². The summed E-state index contributed by atoms with van der Waals surface area (Å²) in [6, 6.07) is -0.964. The molecule has 1 aromatic rings. The highest BCUT2D eigenvalue weighted by Gasteiger charge is 2.36. The van der Waals surface area contributed by atoms with E-state index in [1.165, 1.54) is 0 Å². The standard InChI is InChI=1S/C12H12F3N3O3/c13-12(14,15)11-16-5-7(6-17-11)9(19)18-4-2-1-3-8(18)10(20)21/h5-6,8H,1-4H2,(H,20,21)/t8-/m1/s1. The van der Waals surface area contributed by atoms with Crippen LogP contribution in [0.1, 0.15) is 35.4 Å². The summed E-state index contributed by atoms with van der Waals surface area (Å²) in [7, 11) is 0. The lowest BCUT2D eigenvalue weighted by Crippen LogP contribution is -2.48. The number of carbonyl (C=O) groups excluding carboxylic acids is 1. The van der Waals surface area contributed by atoms with Gasteiger partial charge in [-0.1, -0.05) is 0 Å². The summed E-state index contributed by atoms with van der Waals surface area (Å²) in [6.07, 6.45) is -1.49. The minimum absolute atomic E-state index is 0.156. The summed E-state index contributed by atoms with van der Waals surface area (Å²) in [5, 5.41) is 9.08. The summed E-state index contributed by atoms with van der Waals surface area (Å²) in [5.74, 6) is -3.14. The van der Waals surface area contributed by atoms with Crippen LogP contribution in [-0.2, 0) is 11.0 Å². The number of rotatable bonds is 2. The van der Waals surface area contributed by atoms with Gasteiger partial charge in [-0.25, -0.2) is 14.8 Å². The maximum atomic E-state index is 12.3. The number of carbonyl (C=O) groups is 2. The topological polar surface area (TPSA) is 83.4 Å². The molecule has 0 aromatic carbocycles. The zero-order valence-corrected chi connectivity index (χ0v) is 10.8. The van der Waals surface area contributed by atoms with Crippen molar-refractivity contribution >= 4 is 11.9 Å². The van der Waals surface area contributed by atoms with Crippen molar-refractivity contribution in [1.29, 1.82) is 0 Å². The third-order valence-corrected chi connectivity index (χ3v) is 3.20. The average Bonchev–Trinajstić information content (AvgIpc) is 2.45. The number of nitrogens with zero attached hydrogens (tertiary/aromatic N) is 3. The SMILES string of the molecule is O=C(O)[C@H]1CCCCN1C(=O)c1cnc(C(F)(F)F)nc1. The van der Waals surface area contributed by atoms with E-state index < -0.39 is 29.9 Å². The molecule has 0 aliphatic carbocycles. The molecule has 1 N–H and O–H groups in total. The zero-order chi connectivity index (χ0) is 15.6. The van der Waals surface area contributed by atoms with E-state index in [0.717, 1.165) is 17.3 Å². The fourth-order valence-corrected chi connectivity index (χ4v) is 2.18. The number of hydrogen-bond acceptors (Lipinski definition) is 4. The monoisotopic (exact) mass is 303 g/mol. The van der Waals surface area contributed by atoms with Crippen LogP contribution in [0, 0.1) is 0 Å². The van der Waals surface area contributed by atoms with Crippen molar-refractivity contribution in [3.8, 4) is 0 Å². The lowest BCUT2D eigenvalue weighted by molar-refractivity contribution is -0.145. The number of aliphatic carboxylic acids is 1. The number of alkyl halides is 3. The van der Waals surface area contributed by atoms with Gasteiger partial charge < -0.3 is 10.0 Å². The molecule has 1 aromatic heterocycles. The molecule has 21 heavy (non-hydrogen) atoms. The van der Waals surface area contributed by atoms with Crippen molar-refractivity contribution in [1.82, 2.24) is 14.9 Å². The first kappa shape index (κ1) is 15.2. The second kappa shape index (κ2) is 5.66. The van der Waals surface area contributed by atoms with Gasteiger partial charge in [-0.2, -0.15) is 13.2 Å². The van der Waals surface area contributed by atoms with Crippen LogP contribution in [0.4, 0.5) is 13.2 Å². The molecule has 0 saturated carbocycles. The number of amides is 1. The minimum Gasteiger partial charge on any atom is -0.480 e. The van der Waals surface area contributed by atoms with Crippen LogP contribution >= 0.6 is 0 Å². The number of halogens is 3. The Kier molecular flexibility index (Phi) is 4.10. The smallest absolute Gasteiger partial charge is 0.451 e. The van der Waals surface area contributed by atoms with Crippen molar-refractivity contribution in [2.75, 3.05) is 6.54 Å². The molecule has 0 bridgehead atoms. The molecule has 1 fully saturated rings. The van der Waals surface area contributed by atoms with Crippen molar-refractivity contribution in [2.45, 2.75) is 31.5 Å². The van der Waals surface area contributed by atoms with Crippen molar-refractivity contribution < 1.29 is 27.9 Å². The van der Waals surface area contributed by atoms with Crippen LogP contribution in [-0.4, -0.2) is 44.4 Å². The highest BCUT2D eigenvalue weighted by atomic mass is 19.4. The molecule has 0 unspecified atom stereocenters. The molecule has 6 nitrogen and oxygen atoms in total. The van der Waals surface area contributed by atoms with Crippen molar-refractivity contribution in [2.24, 2.45) is 0 Å². The average molecular weight is 303 g/mol. The second-order valence-electron chi connectivity index (χ2n) is 4.64. The summed E-state index contributed by atoms with van der Waals surface area (Å²) in [6.45, 7) is 0.247. The Morgan fingerprint density at radius 3 is 2.38 bits per heavy atom. The molecule has 2 rings (SSSR count). The van der Waals surface area contributed by atoms with Crippen LogP contribution in [0.5, 0.6) is 0 Å². The van der Waals surface area contributed by atoms with E-state index in [0.29, 0.717) is 19.3 Å². The van der Waals surface area contributed by atoms with Gasteiger partial charge in [0, 0.05) is 18.9 Å². The van der Waals surface area contributed by atoms with Crippen molar-refractivity contribution in [3.05, 3.63) is 23.8 Å². The molecule has 1 aliphatic heterocycles. The second-order valence-corrected chi connectivity index (χ2v) is 4.64. The Balaban J connectivity index is 2.20. The van der Waals surface area contributed by atoms with Crippen LogP contribution in [0.2, 0.25) is 0 Å². The maximum Gasteiger partial charge on any atom is 0.451 e. The Bertz CT molecular complexity index is 545. The zero-order valence-electron chi connectivity index (χ0n) is 10.8. The quantitative estimate of drug-likeness (QED) is 0.896. The highest BCUT2D eigenvalue weighted by molar-refractivity contribution is 5.96. The van der Waals surface area contributed by atoms with E-state index in [-0.39, 0.29) is 12.1 Å².